The van der Waals surface area contributed by atoms with E-state index in [1.807, 2.05) is 47.4 Å². The fourth-order valence-corrected chi connectivity index (χ4v) is 3.67. The molecule has 0 atom stereocenters. The molecule has 31 heavy (non-hydrogen) atoms. The molecule has 1 aliphatic rings. The number of amides is 1. The summed E-state index contributed by atoms with van der Waals surface area (Å²) in [5.41, 5.74) is 3.02. The number of pyridine rings is 1. The van der Waals surface area contributed by atoms with E-state index in [1.165, 1.54) is 0 Å². The zero-order chi connectivity index (χ0) is 21.6. The number of ether oxygens (including phenoxy) is 2. The van der Waals surface area contributed by atoms with Gasteiger partial charge in [-0.2, -0.15) is 5.10 Å². The standard InChI is InChI=1S/C23H27N5O3/c1-30-15-14-26-10-12-27(13-11-26)23(29)20-16-21(18-6-4-3-5-7-18)28(25-20)19-8-9-22(31-2)24-17-19/h3-9,16-17H,10-15H2,1-2H3. The van der Waals surface area contributed by atoms with Gasteiger partial charge >= 0.3 is 0 Å². The van der Waals surface area contributed by atoms with Gasteiger partial charge in [-0.25, -0.2) is 9.67 Å². The Balaban J connectivity index is 1.60. The molecule has 8 nitrogen and oxygen atoms in total. The Morgan fingerprint density at radius 2 is 1.81 bits per heavy atom. The van der Waals surface area contributed by atoms with Crippen molar-refractivity contribution < 1.29 is 14.3 Å². The van der Waals surface area contributed by atoms with Gasteiger partial charge in [-0.15, -0.1) is 0 Å². The normalized spacial score (nSPS) is 14.6. The first-order valence-electron chi connectivity index (χ1n) is 10.4. The Labute approximate surface area is 182 Å². The van der Waals surface area contributed by atoms with Crippen molar-refractivity contribution in [2.45, 2.75) is 0 Å². The second kappa shape index (κ2) is 9.72. The van der Waals surface area contributed by atoms with Crippen molar-refractivity contribution in [3.05, 3.63) is 60.4 Å². The highest BCUT2D eigenvalue weighted by molar-refractivity contribution is 5.93. The Morgan fingerprint density at radius 1 is 1.03 bits per heavy atom. The van der Waals surface area contributed by atoms with Crippen LogP contribution >= 0.6 is 0 Å². The van der Waals surface area contributed by atoms with E-state index in [0.717, 1.165) is 36.6 Å². The van der Waals surface area contributed by atoms with Gasteiger partial charge in [0.15, 0.2) is 5.69 Å². The van der Waals surface area contributed by atoms with Gasteiger partial charge in [0.25, 0.3) is 5.91 Å². The maximum absolute atomic E-state index is 13.2. The first-order valence-corrected chi connectivity index (χ1v) is 10.4. The summed E-state index contributed by atoms with van der Waals surface area (Å²) in [5, 5.41) is 4.67. The molecule has 1 fully saturated rings. The topological polar surface area (TPSA) is 72.7 Å². The third-order valence-electron chi connectivity index (χ3n) is 5.44. The number of rotatable bonds is 7. The van der Waals surface area contributed by atoms with Gasteiger partial charge in [0.2, 0.25) is 5.88 Å². The molecule has 1 amide bonds. The third-order valence-corrected chi connectivity index (χ3v) is 5.44. The van der Waals surface area contributed by atoms with Crippen LogP contribution in [0.15, 0.2) is 54.7 Å². The summed E-state index contributed by atoms with van der Waals surface area (Å²) in [6.07, 6.45) is 1.70. The number of methoxy groups -OCH3 is 2. The largest absolute Gasteiger partial charge is 0.481 e. The third kappa shape index (κ3) is 4.76. The molecule has 0 unspecified atom stereocenters. The molecule has 0 saturated carbocycles. The summed E-state index contributed by atoms with van der Waals surface area (Å²) in [4.78, 5) is 21.7. The fourth-order valence-electron chi connectivity index (χ4n) is 3.67. The quantitative estimate of drug-likeness (QED) is 0.583. The molecule has 0 spiro atoms. The lowest BCUT2D eigenvalue weighted by atomic mass is 10.1. The van der Waals surface area contributed by atoms with E-state index < -0.39 is 0 Å². The summed E-state index contributed by atoms with van der Waals surface area (Å²) in [6.45, 7) is 4.62. The molecule has 0 N–H and O–H groups in total. The molecular weight excluding hydrogens is 394 g/mol. The highest BCUT2D eigenvalue weighted by atomic mass is 16.5. The molecule has 4 rings (SSSR count). The molecule has 0 aliphatic carbocycles. The molecule has 8 heteroatoms. The molecular formula is C23H27N5O3. The van der Waals surface area contributed by atoms with Crippen molar-refractivity contribution in [3.63, 3.8) is 0 Å². The van der Waals surface area contributed by atoms with Crippen LogP contribution in [-0.2, 0) is 4.74 Å². The molecule has 0 radical (unpaired) electrons. The second-order valence-electron chi connectivity index (χ2n) is 7.38. The van der Waals surface area contributed by atoms with Crippen molar-refractivity contribution in [3.8, 4) is 22.8 Å². The average molecular weight is 422 g/mol. The van der Waals surface area contributed by atoms with E-state index in [0.29, 0.717) is 31.3 Å². The van der Waals surface area contributed by atoms with Gasteiger partial charge < -0.3 is 14.4 Å². The predicted molar refractivity (Wildman–Crippen MR) is 118 cm³/mol. The zero-order valence-electron chi connectivity index (χ0n) is 17.9. The van der Waals surface area contributed by atoms with E-state index in [1.54, 1.807) is 31.2 Å². The van der Waals surface area contributed by atoms with Crippen molar-refractivity contribution in [2.75, 3.05) is 53.6 Å². The van der Waals surface area contributed by atoms with Crippen LogP contribution in [0.1, 0.15) is 10.5 Å². The van der Waals surface area contributed by atoms with Gasteiger partial charge in [-0.3, -0.25) is 9.69 Å². The van der Waals surface area contributed by atoms with Crippen LogP contribution in [0.2, 0.25) is 0 Å². The van der Waals surface area contributed by atoms with Crippen LogP contribution < -0.4 is 4.74 Å². The lowest BCUT2D eigenvalue weighted by molar-refractivity contribution is 0.0588. The Morgan fingerprint density at radius 3 is 2.45 bits per heavy atom. The maximum atomic E-state index is 13.2. The molecule has 3 aromatic rings. The number of nitrogens with zero attached hydrogens (tertiary/aromatic N) is 5. The van der Waals surface area contributed by atoms with Crippen molar-refractivity contribution in [1.82, 2.24) is 24.6 Å². The zero-order valence-corrected chi connectivity index (χ0v) is 17.9. The number of hydrogen-bond donors (Lipinski definition) is 0. The minimum Gasteiger partial charge on any atom is -0.481 e. The van der Waals surface area contributed by atoms with Gasteiger partial charge in [0.1, 0.15) is 0 Å². The number of carbonyl (C=O) groups excluding carboxylic acids is 1. The highest BCUT2D eigenvalue weighted by Crippen LogP contribution is 2.25. The molecule has 2 aromatic heterocycles. The van der Waals surface area contributed by atoms with E-state index >= 15 is 0 Å². The number of carbonyl (C=O) groups is 1. The van der Waals surface area contributed by atoms with Crippen LogP contribution in [0, 0.1) is 0 Å². The van der Waals surface area contributed by atoms with Crippen molar-refractivity contribution in [2.24, 2.45) is 0 Å². The smallest absolute Gasteiger partial charge is 0.274 e. The number of aromatic nitrogens is 3. The van der Waals surface area contributed by atoms with E-state index in [9.17, 15) is 4.79 Å². The lowest BCUT2D eigenvalue weighted by Crippen LogP contribution is -2.49. The fraction of sp³-hybridized carbons (Fsp3) is 0.348. The Kier molecular flexibility index (Phi) is 6.59. The number of piperazine rings is 1. The predicted octanol–water partition coefficient (Wildman–Crippen LogP) is 2.35. The lowest BCUT2D eigenvalue weighted by Gasteiger charge is -2.34. The number of hydrogen-bond acceptors (Lipinski definition) is 6. The van der Waals surface area contributed by atoms with Crippen LogP contribution in [0.5, 0.6) is 5.88 Å². The maximum Gasteiger partial charge on any atom is 0.274 e. The summed E-state index contributed by atoms with van der Waals surface area (Å²) >= 11 is 0. The molecule has 0 bridgehead atoms. The van der Waals surface area contributed by atoms with Gasteiger partial charge in [0.05, 0.1) is 31.3 Å². The van der Waals surface area contributed by atoms with Gasteiger partial charge in [0, 0.05) is 51.5 Å². The summed E-state index contributed by atoms with van der Waals surface area (Å²) in [7, 11) is 3.29. The SMILES string of the molecule is COCCN1CCN(C(=O)c2cc(-c3ccccc3)n(-c3ccc(OC)nc3)n2)CC1. The summed E-state index contributed by atoms with van der Waals surface area (Å²) in [5.74, 6) is 0.476. The molecule has 1 aromatic carbocycles. The van der Waals surface area contributed by atoms with E-state index in [4.69, 9.17) is 9.47 Å². The highest BCUT2D eigenvalue weighted by Gasteiger charge is 2.25. The van der Waals surface area contributed by atoms with E-state index in [2.05, 4.69) is 15.0 Å². The first-order chi connectivity index (χ1) is 15.2. The van der Waals surface area contributed by atoms with Gasteiger partial charge in [-0.05, 0) is 12.1 Å². The van der Waals surface area contributed by atoms with E-state index in [-0.39, 0.29) is 5.91 Å². The second-order valence-corrected chi connectivity index (χ2v) is 7.38. The molecule has 1 aliphatic heterocycles. The Hall–Kier alpha value is -3.23. The summed E-state index contributed by atoms with van der Waals surface area (Å²) in [6, 6.07) is 15.5. The molecule has 162 valence electrons. The minimum absolute atomic E-state index is 0.0520. The monoisotopic (exact) mass is 421 g/mol. The number of benzene rings is 1. The van der Waals surface area contributed by atoms with Crippen molar-refractivity contribution in [1.29, 1.82) is 0 Å². The minimum atomic E-state index is -0.0520. The van der Waals surface area contributed by atoms with Gasteiger partial charge in [-0.1, -0.05) is 30.3 Å². The van der Waals surface area contributed by atoms with Crippen LogP contribution in [0.3, 0.4) is 0 Å². The van der Waals surface area contributed by atoms with Crippen LogP contribution in [0.4, 0.5) is 0 Å². The van der Waals surface area contributed by atoms with Crippen LogP contribution in [0.25, 0.3) is 16.9 Å². The summed E-state index contributed by atoms with van der Waals surface area (Å²) < 4.78 is 12.1. The molecule has 1 saturated heterocycles. The van der Waals surface area contributed by atoms with Crippen molar-refractivity contribution >= 4 is 5.91 Å². The average Bonchev–Trinajstić information content (AvgIpc) is 3.29. The Bertz CT molecular complexity index is 996. The first kappa shape index (κ1) is 21.0. The van der Waals surface area contributed by atoms with Crippen LogP contribution in [-0.4, -0.2) is 84.0 Å². The molecule has 3 heterocycles.